The first-order valence-corrected chi connectivity index (χ1v) is 10.2. The van der Waals surface area contributed by atoms with Crippen LogP contribution in [0.4, 0.5) is 4.39 Å². The van der Waals surface area contributed by atoms with Gasteiger partial charge in [0.05, 0.1) is 12.0 Å². The van der Waals surface area contributed by atoms with Crippen molar-refractivity contribution >= 4 is 29.7 Å². The maximum absolute atomic E-state index is 12.9. The van der Waals surface area contributed by atoms with Gasteiger partial charge in [-0.2, -0.15) is 0 Å². The molecule has 0 saturated carbocycles. The quantitative estimate of drug-likeness (QED) is 0.568. The molecule has 0 aliphatic carbocycles. The van der Waals surface area contributed by atoms with E-state index in [1.807, 2.05) is 4.90 Å². The highest BCUT2D eigenvalue weighted by Gasteiger charge is 2.22. The monoisotopic (exact) mass is 402 g/mol. The molecule has 0 radical (unpaired) electrons. The third-order valence-corrected chi connectivity index (χ3v) is 5.64. The predicted molar refractivity (Wildman–Crippen MR) is 107 cm³/mol. The highest BCUT2D eigenvalue weighted by molar-refractivity contribution is 8.00. The van der Waals surface area contributed by atoms with E-state index in [2.05, 4.69) is 5.32 Å². The number of furan rings is 1. The molecule has 0 unspecified atom stereocenters. The van der Waals surface area contributed by atoms with Crippen LogP contribution in [-0.4, -0.2) is 42.1 Å². The third kappa shape index (κ3) is 6.27. The molecule has 2 amide bonds. The second-order valence-corrected chi connectivity index (χ2v) is 7.71. The Labute approximate surface area is 168 Å². The topological polar surface area (TPSA) is 62.6 Å². The fourth-order valence-corrected chi connectivity index (χ4v) is 3.72. The summed E-state index contributed by atoms with van der Waals surface area (Å²) in [6.07, 6.45) is 6.51. The zero-order valence-corrected chi connectivity index (χ0v) is 16.3. The number of rotatable bonds is 7. The number of hydrogen-bond acceptors (Lipinski definition) is 4. The molecular weight excluding hydrogens is 379 g/mol. The molecule has 5 nitrogen and oxygen atoms in total. The molecule has 7 heteroatoms. The van der Waals surface area contributed by atoms with Crippen LogP contribution in [0.3, 0.4) is 0 Å². The predicted octanol–water partition coefficient (Wildman–Crippen LogP) is 3.58. The Morgan fingerprint density at radius 2 is 1.96 bits per heavy atom. The number of hydrogen-bond donors (Lipinski definition) is 1. The molecule has 1 N–H and O–H groups in total. The van der Waals surface area contributed by atoms with Crippen molar-refractivity contribution in [1.82, 2.24) is 10.2 Å². The van der Waals surface area contributed by atoms with Crippen molar-refractivity contribution in [1.29, 1.82) is 0 Å². The van der Waals surface area contributed by atoms with Crippen LogP contribution in [-0.2, 0) is 9.59 Å². The molecule has 1 fully saturated rings. The summed E-state index contributed by atoms with van der Waals surface area (Å²) >= 11 is 1.39. The summed E-state index contributed by atoms with van der Waals surface area (Å²) in [4.78, 5) is 26.9. The fourth-order valence-electron chi connectivity index (χ4n) is 2.99. The Morgan fingerprint density at radius 3 is 2.64 bits per heavy atom. The van der Waals surface area contributed by atoms with E-state index < -0.39 is 0 Å². The minimum Gasteiger partial charge on any atom is -0.465 e. The van der Waals surface area contributed by atoms with Gasteiger partial charge in [-0.05, 0) is 61.2 Å². The van der Waals surface area contributed by atoms with Crippen LogP contribution in [0.5, 0.6) is 0 Å². The van der Waals surface area contributed by atoms with E-state index in [1.54, 1.807) is 36.6 Å². The van der Waals surface area contributed by atoms with Gasteiger partial charge in [-0.3, -0.25) is 9.59 Å². The summed E-state index contributed by atoms with van der Waals surface area (Å²) in [5.74, 6) is 1.00. The van der Waals surface area contributed by atoms with Gasteiger partial charge in [0, 0.05) is 30.6 Å². The minimum absolute atomic E-state index is 0.0189. The maximum atomic E-state index is 12.9. The van der Waals surface area contributed by atoms with Crippen LogP contribution in [0.15, 0.2) is 58.1 Å². The third-order valence-electron chi connectivity index (χ3n) is 4.63. The number of amides is 2. The van der Waals surface area contributed by atoms with E-state index in [9.17, 15) is 14.0 Å². The molecule has 148 valence electrons. The van der Waals surface area contributed by atoms with Crippen molar-refractivity contribution in [2.75, 3.05) is 25.4 Å². The van der Waals surface area contributed by atoms with Gasteiger partial charge in [-0.15, -0.1) is 11.8 Å². The SMILES string of the molecule is O=C(CSc1ccc(F)cc1)NCC1CCN(C(=O)/C=C/c2ccco2)CC1. The second kappa shape index (κ2) is 10.1. The highest BCUT2D eigenvalue weighted by atomic mass is 32.2. The summed E-state index contributed by atoms with van der Waals surface area (Å²) in [7, 11) is 0. The van der Waals surface area contributed by atoms with Crippen LogP contribution in [0.1, 0.15) is 18.6 Å². The lowest BCUT2D eigenvalue weighted by atomic mass is 9.96. The van der Waals surface area contributed by atoms with Crippen LogP contribution < -0.4 is 5.32 Å². The molecule has 1 aromatic heterocycles. The zero-order valence-electron chi connectivity index (χ0n) is 15.5. The Kier molecular flexibility index (Phi) is 7.31. The largest absolute Gasteiger partial charge is 0.465 e. The van der Waals surface area contributed by atoms with E-state index in [4.69, 9.17) is 4.42 Å². The number of nitrogens with zero attached hydrogens (tertiary/aromatic N) is 1. The summed E-state index contributed by atoms with van der Waals surface area (Å²) in [5, 5.41) is 2.96. The lowest BCUT2D eigenvalue weighted by molar-refractivity contribution is -0.127. The van der Waals surface area contributed by atoms with Crippen molar-refractivity contribution in [2.45, 2.75) is 17.7 Å². The van der Waals surface area contributed by atoms with Crippen molar-refractivity contribution in [2.24, 2.45) is 5.92 Å². The second-order valence-electron chi connectivity index (χ2n) is 6.66. The maximum Gasteiger partial charge on any atom is 0.246 e. The van der Waals surface area contributed by atoms with E-state index in [-0.39, 0.29) is 17.6 Å². The Balaban J connectivity index is 1.33. The molecule has 0 atom stereocenters. The molecule has 28 heavy (non-hydrogen) atoms. The number of carbonyl (C=O) groups is 2. The number of carbonyl (C=O) groups excluding carboxylic acids is 2. The molecule has 1 saturated heterocycles. The van der Waals surface area contributed by atoms with E-state index in [0.717, 1.165) is 17.7 Å². The first kappa shape index (κ1) is 20.2. The summed E-state index contributed by atoms with van der Waals surface area (Å²) in [6.45, 7) is 1.99. The van der Waals surface area contributed by atoms with Gasteiger partial charge in [0.15, 0.2) is 0 Å². The van der Waals surface area contributed by atoms with Crippen LogP contribution in [0, 0.1) is 11.7 Å². The molecule has 1 aliphatic rings. The van der Waals surface area contributed by atoms with Gasteiger partial charge in [-0.25, -0.2) is 4.39 Å². The molecule has 2 heterocycles. The molecule has 3 rings (SSSR count). The first-order chi connectivity index (χ1) is 13.6. The lowest BCUT2D eigenvalue weighted by Crippen LogP contribution is -2.41. The van der Waals surface area contributed by atoms with Crippen molar-refractivity contribution < 1.29 is 18.4 Å². The van der Waals surface area contributed by atoms with Crippen LogP contribution >= 0.6 is 11.8 Å². The highest BCUT2D eigenvalue weighted by Crippen LogP contribution is 2.19. The number of nitrogens with one attached hydrogen (secondary N) is 1. The average Bonchev–Trinajstić information content (AvgIpc) is 3.24. The number of likely N-dealkylation sites (tertiary alicyclic amines) is 1. The zero-order chi connectivity index (χ0) is 19.8. The number of benzene rings is 1. The summed E-state index contributed by atoms with van der Waals surface area (Å²) in [6, 6.07) is 9.69. The van der Waals surface area contributed by atoms with Crippen molar-refractivity contribution in [3.05, 3.63) is 60.3 Å². The molecular formula is C21H23FN2O3S. The average molecular weight is 402 g/mol. The van der Waals surface area contributed by atoms with Gasteiger partial charge < -0.3 is 14.6 Å². The molecule has 2 aromatic rings. The minimum atomic E-state index is -0.282. The summed E-state index contributed by atoms with van der Waals surface area (Å²) in [5.41, 5.74) is 0. The van der Waals surface area contributed by atoms with E-state index in [1.165, 1.54) is 30.0 Å². The van der Waals surface area contributed by atoms with E-state index >= 15 is 0 Å². The fraction of sp³-hybridized carbons (Fsp3) is 0.333. The Hall–Kier alpha value is -2.54. The Bertz CT molecular complexity index is 798. The summed E-state index contributed by atoms with van der Waals surface area (Å²) < 4.78 is 18.1. The van der Waals surface area contributed by atoms with Crippen LogP contribution in [0.25, 0.3) is 6.08 Å². The number of thioether (sulfide) groups is 1. The van der Waals surface area contributed by atoms with Gasteiger partial charge in [-0.1, -0.05) is 0 Å². The molecule has 1 aliphatic heterocycles. The van der Waals surface area contributed by atoms with E-state index in [0.29, 0.717) is 37.1 Å². The van der Waals surface area contributed by atoms with Crippen LogP contribution in [0.2, 0.25) is 0 Å². The smallest absolute Gasteiger partial charge is 0.246 e. The lowest BCUT2D eigenvalue weighted by Gasteiger charge is -2.31. The van der Waals surface area contributed by atoms with Crippen molar-refractivity contribution in [3.63, 3.8) is 0 Å². The van der Waals surface area contributed by atoms with Gasteiger partial charge in [0.2, 0.25) is 11.8 Å². The first-order valence-electron chi connectivity index (χ1n) is 9.26. The van der Waals surface area contributed by atoms with Gasteiger partial charge >= 0.3 is 0 Å². The van der Waals surface area contributed by atoms with Crippen molar-refractivity contribution in [3.8, 4) is 0 Å². The van der Waals surface area contributed by atoms with Gasteiger partial charge in [0.1, 0.15) is 11.6 Å². The Morgan fingerprint density at radius 1 is 1.21 bits per heavy atom. The number of halogens is 1. The van der Waals surface area contributed by atoms with Gasteiger partial charge in [0.25, 0.3) is 0 Å². The number of piperidine rings is 1. The molecule has 0 bridgehead atoms. The molecule has 1 aromatic carbocycles. The standard InChI is InChI=1S/C21H23FN2O3S/c22-17-3-6-19(7-4-17)28-15-20(25)23-14-16-9-11-24(12-10-16)21(26)8-5-18-2-1-13-27-18/h1-8,13,16H,9-12,14-15H2,(H,23,25)/b8-5+. The normalized spacial score (nSPS) is 15.1. The molecule has 0 spiro atoms.